The summed E-state index contributed by atoms with van der Waals surface area (Å²) < 4.78 is 23.6. The molecule has 10 nitrogen and oxygen atoms in total. The molecule has 11 heteroatoms. The van der Waals surface area contributed by atoms with Gasteiger partial charge in [0.15, 0.2) is 0 Å². The van der Waals surface area contributed by atoms with Crippen LogP contribution >= 0.6 is 0 Å². The van der Waals surface area contributed by atoms with E-state index in [-0.39, 0.29) is 98.1 Å². The molecule has 0 aliphatic heterocycles. The average molecular weight is 1030 g/mol. The molecule has 0 saturated carbocycles. The topological polar surface area (TPSA) is 151 Å². The van der Waals surface area contributed by atoms with Gasteiger partial charge in [-0.25, -0.2) is 0 Å². The molecule has 2 aromatic rings. The van der Waals surface area contributed by atoms with Crippen LogP contribution in [0, 0.1) is 0 Å². The van der Waals surface area contributed by atoms with Crippen molar-refractivity contribution in [1.29, 1.82) is 0 Å². The standard InChI is InChI=1S/2C27H44O5.Ba/c2*1-3-4-17-25(31-22-24-15-11-10-12-16-24)20-21-26(32-23(2)28)18-13-8-6-5-7-9-14-19-27(29)30;/h2*10-12,15-16,25-26H,3-9,13-14,17-22H2,1-2H3,(H,29,30);/q;;+2/p-2. The quantitative estimate of drug-likeness (QED) is 0.0358. The minimum absolute atomic E-state index is 0. The van der Waals surface area contributed by atoms with Crippen LogP contribution in [0.4, 0.5) is 0 Å². The summed E-state index contributed by atoms with van der Waals surface area (Å²) in [6.45, 7) is 8.60. The van der Waals surface area contributed by atoms with Crippen LogP contribution in [0.1, 0.15) is 219 Å². The molecular formula is C54H86BaO10. The van der Waals surface area contributed by atoms with Gasteiger partial charge < -0.3 is 38.7 Å². The summed E-state index contributed by atoms with van der Waals surface area (Å²) in [6, 6.07) is 20.5. The minimum Gasteiger partial charge on any atom is -0.550 e. The Morgan fingerprint density at radius 1 is 0.415 bits per heavy atom. The van der Waals surface area contributed by atoms with Crippen LogP contribution in [-0.4, -0.2) is 97.2 Å². The maximum atomic E-state index is 11.6. The molecule has 0 saturated heterocycles. The van der Waals surface area contributed by atoms with Crippen molar-refractivity contribution in [2.24, 2.45) is 0 Å². The number of unbranched alkanes of at least 4 members (excludes halogenated alkanes) is 14. The number of rotatable bonds is 40. The number of hydrogen-bond acceptors (Lipinski definition) is 10. The van der Waals surface area contributed by atoms with Gasteiger partial charge in [0.2, 0.25) is 0 Å². The Morgan fingerprint density at radius 3 is 1.02 bits per heavy atom. The van der Waals surface area contributed by atoms with Crippen LogP contribution in [-0.2, 0) is 51.3 Å². The van der Waals surface area contributed by atoms with Gasteiger partial charge in [-0.15, -0.1) is 0 Å². The third kappa shape index (κ3) is 40.6. The fraction of sp³-hybridized carbons (Fsp3) is 0.704. The van der Waals surface area contributed by atoms with Gasteiger partial charge in [0.25, 0.3) is 0 Å². The van der Waals surface area contributed by atoms with Crippen LogP contribution in [0.2, 0.25) is 0 Å². The van der Waals surface area contributed by atoms with Gasteiger partial charge in [-0.05, 0) is 101 Å². The van der Waals surface area contributed by atoms with Crippen LogP contribution < -0.4 is 10.2 Å². The Bertz CT molecular complexity index is 1320. The fourth-order valence-electron chi connectivity index (χ4n) is 7.85. The molecule has 4 atom stereocenters. The number of ether oxygens (including phenoxy) is 4. The maximum absolute atomic E-state index is 11.6. The van der Waals surface area contributed by atoms with E-state index < -0.39 is 11.9 Å². The van der Waals surface area contributed by atoms with Gasteiger partial charge in [-0.2, -0.15) is 0 Å². The second kappa shape index (κ2) is 44.3. The molecular weight excluding hydrogens is 946 g/mol. The minimum atomic E-state index is -0.955. The van der Waals surface area contributed by atoms with E-state index in [0.29, 0.717) is 26.1 Å². The first-order chi connectivity index (χ1) is 31.0. The number of aliphatic carboxylic acids is 2. The largest absolute Gasteiger partial charge is 2.00 e. The maximum Gasteiger partial charge on any atom is 2.00 e. The average Bonchev–Trinajstić information content (AvgIpc) is 3.27. The van der Waals surface area contributed by atoms with Gasteiger partial charge in [-0.3, -0.25) is 9.59 Å². The van der Waals surface area contributed by atoms with E-state index in [2.05, 4.69) is 38.1 Å². The van der Waals surface area contributed by atoms with Crippen LogP contribution in [0.25, 0.3) is 0 Å². The van der Waals surface area contributed by atoms with Crippen molar-refractivity contribution in [2.45, 2.75) is 245 Å². The number of carboxylic acids is 2. The molecule has 0 aliphatic rings. The van der Waals surface area contributed by atoms with E-state index in [1.807, 2.05) is 36.4 Å². The van der Waals surface area contributed by atoms with Crippen molar-refractivity contribution in [3.05, 3.63) is 71.8 Å². The first kappa shape index (κ1) is 62.8. The van der Waals surface area contributed by atoms with Crippen LogP contribution in [0.3, 0.4) is 0 Å². The smallest absolute Gasteiger partial charge is 0.550 e. The van der Waals surface area contributed by atoms with E-state index in [9.17, 15) is 29.4 Å². The van der Waals surface area contributed by atoms with Crippen molar-refractivity contribution in [3.63, 3.8) is 0 Å². The second-order valence-corrected chi connectivity index (χ2v) is 17.5. The molecule has 0 heterocycles. The Morgan fingerprint density at radius 2 is 0.708 bits per heavy atom. The molecule has 0 fully saturated rings. The third-order valence-electron chi connectivity index (χ3n) is 11.5. The van der Waals surface area contributed by atoms with E-state index >= 15 is 0 Å². The Hall–Kier alpha value is -2.19. The van der Waals surface area contributed by atoms with E-state index in [1.54, 1.807) is 0 Å². The predicted molar refractivity (Wildman–Crippen MR) is 258 cm³/mol. The number of hydrogen-bond donors (Lipinski definition) is 0. The number of carboxylic acid groups (broad SMARTS) is 2. The first-order valence-electron chi connectivity index (χ1n) is 25.1. The Labute approximate surface area is 434 Å². The van der Waals surface area contributed by atoms with Gasteiger partial charge >= 0.3 is 60.8 Å². The third-order valence-corrected chi connectivity index (χ3v) is 11.5. The number of carbonyl (C=O) groups is 4. The van der Waals surface area contributed by atoms with Gasteiger partial charge in [0, 0.05) is 25.8 Å². The predicted octanol–water partition coefficient (Wildman–Crippen LogP) is 11.1. The normalized spacial score (nSPS) is 12.7. The Balaban J connectivity index is 0.00000124. The second-order valence-electron chi connectivity index (χ2n) is 17.5. The number of carbonyl (C=O) groups excluding carboxylic acids is 4. The molecule has 0 amide bonds. The number of esters is 2. The monoisotopic (exact) mass is 1030 g/mol. The summed E-state index contributed by atoms with van der Waals surface area (Å²) in [5.74, 6) is -2.33. The van der Waals surface area contributed by atoms with Crippen LogP contribution in [0.15, 0.2) is 60.7 Å². The zero-order chi connectivity index (χ0) is 46.9. The summed E-state index contributed by atoms with van der Waals surface area (Å²) in [7, 11) is 0. The van der Waals surface area contributed by atoms with E-state index in [0.717, 1.165) is 154 Å². The van der Waals surface area contributed by atoms with E-state index in [4.69, 9.17) is 18.9 Å². The molecule has 0 bridgehead atoms. The van der Waals surface area contributed by atoms with Crippen molar-refractivity contribution in [1.82, 2.24) is 0 Å². The summed E-state index contributed by atoms with van der Waals surface area (Å²) in [5.41, 5.74) is 2.37. The van der Waals surface area contributed by atoms with Crippen molar-refractivity contribution in [3.8, 4) is 0 Å². The summed E-state index contributed by atoms with van der Waals surface area (Å²) in [4.78, 5) is 43.9. The SMILES string of the molecule is CCCCC(CCC(CCCCCCCCCC(=O)[O-])OC(C)=O)OCc1ccccc1.CCCCC(CCC(CCCCCCCCCC(=O)[O-])OC(C)=O)OCc1ccccc1.[Ba+2]. The molecule has 0 aromatic heterocycles. The molecule has 364 valence electrons. The molecule has 65 heavy (non-hydrogen) atoms. The molecule has 0 spiro atoms. The molecule has 2 rings (SSSR count). The fourth-order valence-corrected chi connectivity index (χ4v) is 7.85. The zero-order valence-corrected chi connectivity index (χ0v) is 45.5. The molecule has 2 aromatic carbocycles. The summed E-state index contributed by atoms with van der Waals surface area (Å²) in [5, 5.41) is 20.8. The Kier molecular flexibility index (Phi) is 42.8. The molecule has 0 aliphatic carbocycles. The summed E-state index contributed by atoms with van der Waals surface area (Å²) >= 11 is 0. The first-order valence-corrected chi connectivity index (χ1v) is 25.1. The van der Waals surface area contributed by atoms with Crippen molar-refractivity contribution >= 4 is 72.8 Å². The van der Waals surface area contributed by atoms with E-state index in [1.165, 1.54) is 25.0 Å². The summed E-state index contributed by atoms with van der Waals surface area (Å²) in [6.07, 6.45) is 26.8. The van der Waals surface area contributed by atoms with Gasteiger partial charge in [0.1, 0.15) is 12.2 Å². The van der Waals surface area contributed by atoms with Crippen LogP contribution in [0.5, 0.6) is 0 Å². The van der Waals surface area contributed by atoms with Gasteiger partial charge in [-0.1, -0.05) is 164 Å². The molecule has 4 unspecified atom stereocenters. The molecule has 0 N–H and O–H groups in total. The van der Waals surface area contributed by atoms with Crippen molar-refractivity contribution in [2.75, 3.05) is 0 Å². The van der Waals surface area contributed by atoms with Crippen molar-refractivity contribution < 1.29 is 48.3 Å². The number of benzene rings is 2. The zero-order valence-electron chi connectivity index (χ0n) is 41.1. The molecule has 0 radical (unpaired) electrons. The van der Waals surface area contributed by atoms with Gasteiger partial charge in [0.05, 0.1) is 25.4 Å².